The van der Waals surface area contributed by atoms with Gasteiger partial charge in [0.15, 0.2) is 0 Å². The lowest BCUT2D eigenvalue weighted by Gasteiger charge is -2.25. The third-order valence-corrected chi connectivity index (χ3v) is 5.42. The number of nitrogens with two attached hydrogens (primary N) is 1. The maximum absolute atomic E-state index is 12.7. The molecule has 2 unspecified atom stereocenters. The smallest absolute Gasteiger partial charge is 0.329 e. The van der Waals surface area contributed by atoms with Gasteiger partial charge in [0.1, 0.15) is 6.04 Å². The van der Waals surface area contributed by atoms with Gasteiger partial charge in [-0.1, -0.05) is 6.07 Å². The summed E-state index contributed by atoms with van der Waals surface area (Å²) in [7, 11) is -3.94. The van der Waals surface area contributed by atoms with Crippen molar-refractivity contribution >= 4 is 27.6 Å². The molecule has 1 aromatic rings. The monoisotopic (exact) mass is 353 g/mol. The lowest BCUT2D eigenvalue weighted by molar-refractivity contribution is -0.120. The fourth-order valence-electron chi connectivity index (χ4n) is 3.13. The SMILES string of the molecule is Cc1ccc(N2C(=O)NC(C3CCCOC3)C2=O)cc1S(N)(=O)=O. The largest absolute Gasteiger partial charge is 0.381 e. The summed E-state index contributed by atoms with van der Waals surface area (Å²) < 4.78 is 28.7. The van der Waals surface area contributed by atoms with Crippen LogP contribution in [0.15, 0.2) is 23.1 Å². The summed E-state index contributed by atoms with van der Waals surface area (Å²) >= 11 is 0. The molecule has 0 radical (unpaired) electrons. The molecule has 3 rings (SSSR count). The number of ether oxygens (including phenoxy) is 1. The van der Waals surface area contributed by atoms with E-state index in [0.717, 1.165) is 17.7 Å². The van der Waals surface area contributed by atoms with Crippen molar-refractivity contribution in [2.75, 3.05) is 18.1 Å². The Balaban J connectivity index is 1.92. The van der Waals surface area contributed by atoms with Gasteiger partial charge in [0.2, 0.25) is 10.0 Å². The van der Waals surface area contributed by atoms with Crippen LogP contribution in [0.5, 0.6) is 0 Å². The van der Waals surface area contributed by atoms with Gasteiger partial charge in [-0.15, -0.1) is 0 Å². The van der Waals surface area contributed by atoms with Gasteiger partial charge in [0.25, 0.3) is 5.91 Å². The average molecular weight is 353 g/mol. The van der Waals surface area contributed by atoms with Crippen LogP contribution in [0.25, 0.3) is 0 Å². The molecule has 8 nitrogen and oxygen atoms in total. The summed E-state index contributed by atoms with van der Waals surface area (Å²) in [6, 6.07) is 3.08. The molecule has 130 valence electrons. The first-order valence-corrected chi connectivity index (χ1v) is 9.19. The van der Waals surface area contributed by atoms with Gasteiger partial charge in [-0.25, -0.2) is 23.3 Å². The molecule has 2 atom stereocenters. The van der Waals surface area contributed by atoms with Gasteiger partial charge < -0.3 is 10.1 Å². The van der Waals surface area contributed by atoms with Crippen LogP contribution in [0.1, 0.15) is 18.4 Å². The normalized spacial score (nSPS) is 25.0. The summed E-state index contributed by atoms with van der Waals surface area (Å²) in [5, 5.41) is 7.86. The van der Waals surface area contributed by atoms with Gasteiger partial charge >= 0.3 is 6.03 Å². The Labute approximate surface area is 140 Å². The second-order valence-corrected chi connectivity index (χ2v) is 7.60. The highest BCUT2D eigenvalue weighted by Gasteiger charge is 2.43. The van der Waals surface area contributed by atoms with Crippen molar-refractivity contribution in [3.05, 3.63) is 23.8 Å². The Bertz CT molecular complexity index is 786. The zero-order valence-corrected chi connectivity index (χ0v) is 14.0. The van der Waals surface area contributed by atoms with Crippen molar-refractivity contribution in [1.82, 2.24) is 5.32 Å². The number of hydrogen-bond acceptors (Lipinski definition) is 5. The van der Waals surface area contributed by atoms with Crippen LogP contribution in [0.3, 0.4) is 0 Å². The number of carbonyl (C=O) groups is 2. The highest BCUT2D eigenvalue weighted by molar-refractivity contribution is 7.89. The van der Waals surface area contributed by atoms with Crippen LogP contribution >= 0.6 is 0 Å². The molecule has 2 heterocycles. The first-order chi connectivity index (χ1) is 11.3. The quantitative estimate of drug-likeness (QED) is 0.767. The predicted octanol–water partition coefficient (Wildman–Crippen LogP) is 0.494. The number of primary sulfonamides is 1. The van der Waals surface area contributed by atoms with E-state index in [0.29, 0.717) is 18.8 Å². The third kappa shape index (κ3) is 3.02. The number of sulfonamides is 1. The molecule has 2 aliphatic heterocycles. The molecule has 0 aromatic heterocycles. The van der Waals surface area contributed by atoms with E-state index < -0.39 is 28.0 Å². The summed E-state index contributed by atoms with van der Waals surface area (Å²) in [5.74, 6) is -0.483. The second-order valence-electron chi connectivity index (χ2n) is 6.07. The fourth-order valence-corrected chi connectivity index (χ4v) is 3.93. The number of anilines is 1. The van der Waals surface area contributed by atoms with Gasteiger partial charge in [-0.2, -0.15) is 0 Å². The molecule has 0 saturated carbocycles. The van der Waals surface area contributed by atoms with Crippen LogP contribution in [0.2, 0.25) is 0 Å². The van der Waals surface area contributed by atoms with Crippen molar-refractivity contribution < 1.29 is 22.7 Å². The maximum Gasteiger partial charge on any atom is 0.329 e. The first kappa shape index (κ1) is 16.9. The Hall–Kier alpha value is -1.97. The number of hydrogen-bond donors (Lipinski definition) is 2. The van der Waals surface area contributed by atoms with Gasteiger partial charge in [0.05, 0.1) is 17.2 Å². The van der Waals surface area contributed by atoms with Crippen LogP contribution in [0.4, 0.5) is 10.5 Å². The topological polar surface area (TPSA) is 119 Å². The minimum Gasteiger partial charge on any atom is -0.381 e. The predicted molar refractivity (Wildman–Crippen MR) is 85.9 cm³/mol. The minimum absolute atomic E-state index is 0.0802. The Morgan fingerprint density at radius 3 is 2.71 bits per heavy atom. The number of aryl methyl sites for hydroxylation is 1. The minimum atomic E-state index is -3.94. The molecule has 1 aromatic carbocycles. The van der Waals surface area contributed by atoms with Crippen molar-refractivity contribution in [3.63, 3.8) is 0 Å². The summed E-state index contributed by atoms with van der Waals surface area (Å²) in [4.78, 5) is 25.8. The number of nitrogens with one attached hydrogen (secondary N) is 1. The number of urea groups is 1. The molecular formula is C15H19N3O5S. The fraction of sp³-hybridized carbons (Fsp3) is 0.467. The van der Waals surface area contributed by atoms with E-state index in [9.17, 15) is 18.0 Å². The summed E-state index contributed by atoms with van der Waals surface area (Å²) in [5.41, 5.74) is 0.636. The van der Waals surface area contributed by atoms with Gasteiger partial charge in [-0.05, 0) is 37.5 Å². The molecule has 2 saturated heterocycles. The lowest BCUT2D eigenvalue weighted by atomic mass is 9.94. The second kappa shape index (κ2) is 6.15. The third-order valence-electron chi connectivity index (χ3n) is 4.37. The zero-order valence-electron chi connectivity index (χ0n) is 13.2. The van der Waals surface area contributed by atoms with E-state index in [4.69, 9.17) is 9.88 Å². The number of benzene rings is 1. The van der Waals surface area contributed by atoms with E-state index in [1.807, 2.05) is 0 Å². The molecule has 24 heavy (non-hydrogen) atoms. The van der Waals surface area contributed by atoms with Crippen molar-refractivity contribution in [3.8, 4) is 0 Å². The van der Waals surface area contributed by atoms with E-state index in [1.165, 1.54) is 18.2 Å². The number of carbonyl (C=O) groups excluding carboxylic acids is 2. The molecule has 9 heteroatoms. The zero-order chi connectivity index (χ0) is 17.5. The highest BCUT2D eigenvalue weighted by atomic mass is 32.2. The number of rotatable bonds is 3. The lowest BCUT2D eigenvalue weighted by Crippen LogP contribution is -2.41. The first-order valence-electron chi connectivity index (χ1n) is 7.64. The van der Waals surface area contributed by atoms with Crippen LogP contribution < -0.4 is 15.4 Å². The maximum atomic E-state index is 12.7. The molecule has 0 spiro atoms. The molecule has 3 amide bonds. The molecule has 2 aliphatic rings. The van der Waals surface area contributed by atoms with Crippen molar-refractivity contribution in [1.29, 1.82) is 0 Å². The van der Waals surface area contributed by atoms with Crippen LogP contribution in [0, 0.1) is 12.8 Å². The van der Waals surface area contributed by atoms with Crippen molar-refractivity contribution in [2.24, 2.45) is 11.1 Å². The van der Waals surface area contributed by atoms with Gasteiger partial charge in [-0.3, -0.25) is 4.79 Å². The average Bonchev–Trinajstić information content (AvgIpc) is 2.83. The number of nitrogens with zero attached hydrogens (tertiary/aromatic N) is 1. The molecule has 0 aliphatic carbocycles. The summed E-state index contributed by atoms with van der Waals surface area (Å²) in [6.45, 7) is 2.67. The van der Waals surface area contributed by atoms with E-state index >= 15 is 0 Å². The molecule has 3 N–H and O–H groups in total. The van der Waals surface area contributed by atoms with Crippen LogP contribution in [-0.2, 0) is 19.6 Å². The summed E-state index contributed by atoms with van der Waals surface area (Å²) in [6.07, 6.45) is 1.63. The standard InChI is InChI=1S/C15H19N3O5S/c1-9-4-5-11(7-12(9)24(16,21)22)18-14(19)13(17-15(18)20)10-3-2-6-23-8-10/h4-5,7,10,13H,2-3,6,8H2,1H3,(H,17,20)(H2,16,21,22). The van der Waals surface area contributed by atoms with Gasteiger partial charge in [0, 0.05) is 12.5 Å². The number of imide groups is 1. The van der Waals surface area contributed by atoms with E-state index in [2.05, 4.69) is 5.32 Å². The van der Waals surface area contributed by atoms with E-state index in [-0.39, 0.29) is 16.5 Å². The van der Waals surface area contributed by atoms with Crippen LogP contribution in [-0.4, -0.2) is 39.6 Å². The van der Waals surface area contributed by atoms with Crippen molar-refractivity contribution in [2.45, 2.75) is 30.7 Å². The molecule has 0 bridgehead atoms. The Morgan fingerprint density at radius 1 is 1.33 bits per heavy atom. The Morgan fingerprint density at radius 2 is 2.08 bits per heavy atom. The Kier molecular flexibility index (Phi) is 4.33. The number of amides is 3. The molecule has 2 fully saturated rings. The molecular weight excluding hydrogens is 334 g/mol. The highest BCUT2D eigenvalue weighted by Crippen LogP contribution is 2.28. The van der Waals surface area contributed by atoms with E-state index in [1.54, 1.807) is 6.92 Å².